The minimum Gasteiger partial charge on any atom is -0.478 e. The Morgan fingerprint density at radius 3 is 2.75 bits per heavy atom. The van der Waals surface area contributed by atoms with Gasteiger partial charge in [0.2, 0.25) is 0 Å². The number of aromatic nitrogens is 1. The van der Waals surface area contributed by atoms with Crippen molar-refractivity contribution in [3.05, 3.63) is 28.6 Å². The van der Waals surface area contributed by atoms with E-state index in [1.165, 1.54) is 0 Å². The predicted octanol–water partition coefficient (Wildman–Crippen LogP) is 2.19. The second-order valence-corrected chi connectivity index (χ2v) is 3.72. The first-order chi connectivity index (χ1) is 7.60. The summed E-state index contributed by atoms with van der Waals surface area (Å²) in [6, 6.07) is 1.67. The van der Waals surface area contributed by atoms with E-state index in [9.17, 15) is 4.79 Å². The van der Waals surface area contributed by atoms with Gasteiger partial charge in [-0.3, -0.25) is 4.98 Å². The Balaban J connectivity index is 3.19. The van der Waals surface area contributed by atoms with E-state index in [4.69, 9.17) is 9.84 Å². The third-order valence-electron chi connectivity index (χ3n) is 2.41. The highest BCUT2D eigenvalue weighted by Crippen LogP contribution is 2.15. The van der Waals surface area contributed by atoms with Gasteiger partial charge in [-0.1, -0.05) is 13.3 Å². The lowest BCUT2D eigenvalue weighted by Crippen LogP contribution is -2.09. The van der Waals surface area contributed by atoms with E-state index in [0.29, 0.717) is 24.3 Å². The Kier molecular flexibility index (Phi) is 4.43. The van der Waals surface area contributed by atoms with E-state index in [0.717, 1.165) is 17.7 Å². The summed E-state index contributed by atoms with van der Waals surface area (Å²) in [5, 5.41) is 9.10. The first kappa shape index (κ1) is 12.6. The lowest BCUT2D eigenvalue weighted by atomic mass is 10.1. The molecule has 0 aliphatic carbocycles. The maximum Gasteiger partial charge on any atom is 0.337 e. The molecule has 0 fully saturated rings. The molecule has 0 spiro atoms. The van der Waals surface area contributed by atoms with Crippen LogP contribution in [0.5, 0.6) is 0 Å². The molecule has 0 bridgehead atoms. The van der Waals surface area contributed by atoms with Crippen molar-refractivity contribution >= 4 is 5.97 Å². The van der Waals surface area contributed by atoms with Gasteiger partial charge in [-0.2, -0.15) is 0 Å². The number of carboxylic acids is 1. The number of hydrogen-bond donors (Lipinski definition) is 1. The monoisotopic (exact) mass is 223 g/mol. The lowest BCUT2D eigenvalue weighted by Gasteiger charge is -2.10. The Labute approximate surface area is 95.3 Å². The standard InChI is InChI=1S/C12H17NO3/c1-4-5-11-10(12(14)15)6-9(7-16-3)8(2)13-11/h6H,4-5,7H2,1-3H3,(H,14,15). The Morgan fingerprint density at radius 2 is 2.25 bits per heavy atom. The van der Waals surface area contributed by atoms with Crippen LogP contribution in [0.4, 0.5) is 0 Å². The number of aryl methyl sites for hydroxylation is 2. The van der Waals surface area contributed by atoms with Gasteiger partial charge in [-0.15, -0.1) is 0 Å². The van der Waals surface area contributed by atoms with Crippen LogP contribution in [0, 0.1) is 6.92 Å². The van der Waals surface area contributed by atoms with Crippen molar-refractivity contribution in [1.82, 2.24) is 4.98 Å². The van der Waals surface area contributed by atoms with Gasteiger partial charge >= 0.3 is 5.97 Å². The summed E-state index contributed by atoms with van der Waals surface area (Å²) in [5.74, 6) is -0.923. The molecule has 1 aromatic rings. The highest BCUT2D eigenvalue weighted by atomic mass is 16.5. The van der Waals surface area contributed by atoms with Crippen LogP contribution in [-0.4, -0.2) is 23.2 Å². The van der Waals surface area contributed by atoms with Gasteiger partial charge in [0.25, 0.3) is 0 Å². The molecule has 0 saturated heterocycles. The predicted molar refractivity (Wildman–Crippen MR) is 60.6 cm³/mol. The zero-order chi connectivity index (χ0) is 12.1. The van der Waals surface area contributed by atoms with Crippen molar-refractivity contribution in [2.75, 3.05) is 7.11 Å². The molecule has 88 valence electrons. The van der Waals surface area contributed by atoms with Crippen LogP contribution < -0.4 is 0 Å². The van der Waals surface area contributed by atoms with E-state index in [2.05, 4.69) is 4.98 Å². The second-order valence-electron chi connectivity index (χ2n) is 3.72. The van der Waals surface area contributed by atoms with Gasteiger partial charge < -0.3 is 9.84 Å². The summed E-state index contributed by atoms with van der Waals surface area (Å²) in [6.45, 7) is 4.27. The smallest absolute Gasteiger partial charge is 0.337 e. The number of aromatic carboxylic acids is 1. The number of methoxy groups -OCH3 is 1. The van der Waals surface area contributed by atoms with Crippen LogP contribution >= 0.6 is 0 Å². The number of carbonyl (C=O) groups is 1. The van der Waals surface area contributed by atoms with Crippen molar-refractivity contribution in [1.29, 1.82) is 0 Å². The average molecular weight is 223 g/mol. The number of pyridine rings is 1. The molecule has 4 nitrogen and oxygen atoms in total. The van der Waals surface area contributed by atoms with Gasteiger partial charge in [0, 0.05) is 12.8 Å². The van der Waals surface area contributed by atoms with Gasteiger partial charge in [-0.25, -0.2) is 4.79 Å². The van der Waals surface area contributed by atoms with Gasteiger partial charge in [-0.05, 0) is 25.0 Å². The molecule has 4 heteroatoms. The van der Waals surface area contributed by atoms with Crippen LogP contribution in [0.1, 0.15) is 40.7 Å². The molecule has 0 radical (unpaired) electrons. The summed E-state index contributed by atoms with van der Waals surface area (Å²) >= 11 is 0. The van der Waals surface area contributed by atoms with E-state index < -0.39 is 5.97 Å². The fourth-order valence-electron chi connectivity index (χ4n) is 1.61. The summed E-state index contributed by atoms with van der Waals surface area (Å²) in [4.78, 5) is 15.4. The van der Waals surface area contributed by atoms with E-state index in [-0.39, 0.29) is 0 Å². The quantitative estimate of drug-likeness (QED) is 0.831. The molecular formula is C12H17NO3. The zero-order valence-corrected chi connectivity index (χ0v) is 9.91. The highest BCUT2D eigenvalue weighted by Gasteiger charge is 2.14. The van der Waals surface area contributed by atoms with E-state index >= 15 is 0 Å². The molecule has 1 rings (SSSR count). The lowest BCUT2D eigenvalue weighted by molar-refractivity contribution is 0.0694. The van der Waals surface area contributed by atoms with Gasteiger partial charge in [0.05, 0.1) is 17.9 Å². The van der Waals surface area contributed by atoms with Crippen LogP contribution in [0.25, 0.3) is 0 Å². The summed E-state index contributed by atoms with van der Waals surface area (Å²) < 4.78 is 5.01. The maximum atomic E-state index is 11.1. The third kappa shape index (κ3) is 2.79. The van der Waals surface area contributed by atoms with Crippen LogP contribution in [-0.2, 0) is 17.8 Å². The molecule has 1 heterocycles. The molecule has 0 unspecified atom stereocenters. The number of hydrogen-bond acceptors (Lipinski definition) is 3. The average Bonchev–Trinajstić information content (AvgIpc) is 2.22. The SMILES string of the molecule is CCCc1nc(C)c(COC)cc1C(=O)O. The number of ether oxygens (including phenoxy) is 1. The van der Waals surface area contributed by atoms with Crippen molar-refractivity contribution in [2.45, 2.75) is 33.3 Å². The summed E-state index contributed by atoms with van der Waals surface area (Å²) in [6.07, 6.45) is 1.58. The Morgan fingerprint density at radius 1 is 1.56 bits per heavy atom. The number of nitrogens with zero attached hydrogens (tertiary/aromatic N) is 1. The molecule has 0 atom stereocenters. The van der Waals surface area contributed by atoms with Crippen LogP contribution in [0.15, 0.2) is 6.07 Å². The van der Waals surface area contributed by atoms with Crippen molar-refractivity contribution < 1.29 is 14.6 Å². The maximum absolute atomic E-state index is 11.1. The molecule has 0 aliphatic heterocycles. The van der Waals surface area contributed by atoms with Crippen LogP contribution in [0.3, 0.4) is 0 Å². The van der Waals surface area contributed by atoms with Crippen molar-refractivity contribution in [3.63, 3.8) is 0 Å². The fourth-order valence-corrected chi connectivity index (χ4v) is 1.61. The molecule has 0 aliphatic rings. The molecule has 0 saturated carbocycles. The van der Waals surface area contributed by atoms with Crippen molar-refractivity contribution in [3.8, 4) is 0 Å². The largest absolute Gasteiger partial charge is 0.478 e. The summed E-state index contributed by atoms with van der Waals surface area (Å²) in [5.41, 5.74) is 2.63. The first-order valence-electron chi connectivity index (χ1n) is 5.31. The first-order valence-corrected chi connectivity index (χ1v) is 5.31. The molecule has 1 aromatic heterocycles. The van der Waals surface area contributed by atoms with Gasteiger partial charge in [0.1, 0.15) is 0 Å². The molecule has 1 N–H and O–H groups in total. The van der Waals surface area contributed by atoms with Crippen molar-refractivity contribution in [2.24, 2.45) is 0 Å². The fraction of sp³-hybridized carbons (Fsp3) is 0.500. The second kappa shape index (κ2) is 5.61. The zero-order valence-electron chi connectivity index (χ0n) is 9.91. The summed E-state index contributed by atoms with van der Waals surface area (Å²) in [7, 11) is 1.58. The third-order valence-corrected chi connectivity index (χ3v) is 2.41. The molecule has 0 amide bonds. The van der Waals surface area contributed by atoms with E-state index in [1.54, 1.807) is 13.2 Å². The Bertz CT molecular complexity index is 388. The van der Waals surface area contributed by atoms with Crippen LogP contribution in [0.2, 0.25) is 0 Å². The highest BCUT2D eigenvalue weighted by molar-refractivity contribution is 5.89. The topological polar surface area (TPSA) is 59.4 Å². The Hall–Kier alpha value is -1.42. The number of carboxylic acid groups (broad SMARTS) is 1. The molecule has 0 aromatic carbocycles. The normalized spacial score (nSPS) is 10.4. The minimum atomic E-state index is -0.923. The number of rotatable bonds is 5. The molecular weight excluding hydrogens is 206 g/mol. The van der Waals surface area contributed by atoms with E-state index in [1.807, 2.05) is 13.8 Å². The minimum absolute atomic E-state index is 0.291. The molecule has 16 heavy (non-hydrogen) atoms. The van der Waals surface area contributed by atoms with Gasteiger partial charge in [0.15, 0.2) is 0 Å².